The standard InChI is InChI=1S/C23H31N5O/c1-17-7-9-27(10-8-17)22-15-20(24-16-25-22)23(29)28-13-11-26(12-14-28)21-6-4-5-18(2)19(21)3/h4-6,15-17H,7-14H2,1-3H3. The van der Waals surface area contributed by atoms with Gasteiger partial charge in [-0.15, -0.1) is 0 Å². The van der Waals surface area contributed by atoms with Crippen LogP contribution in [0.15, 0.2) is 30.6 Å². The fraction of sp³-hybridized carbons (Fsp3) is 0.522. The van der Waals surface area contributed by atoms with Crippen molar-refractivity contribution in [1.29, 1.82) is 0 Å². The van der Waals surface area contributed by atoms with E-state index in [0.29, 0.717) is 18.8 Å². The first kappa shape index (κ1) is 19.7. The van der Waals surface area contributed by atoms with Gasteiger partial charge in [0.25, 0.3) is 5.91 Å². The van der Waals surface area contributed by atoms with E-state index >= 15 is 0 Å². The van der Waals surface area contributed by atoms with Gasteiger partial charge in [-0.3, -0.25) is 4.79 Å². The Morgan fingerprint density at radius 2 is 1.69 bits per heavy atom. The summed E-state index contributed by atoms with van der Waals surface area (Å²) >= 11 is 0. The molecule has 0 spiro atoms. The van der Waals surface area contributed by atoms with Crippen molar-refractivity contribution in [2.75, 3.05) is 49.1 Å². The summed E-state index contributed by atoms with van der Waals surface area (Å²) in [7, 11) is 0. The summed E-state index contributed by atoms with van der Waals surface area (Å²) in [4.78, 5) is 28.3. The zero-order valence-electron chi connectivity index (χ0n) is 17.8. The van der Waals surface area contributed by atoms with Gasteiger partial charge in [0.1, 0.15) is 17.8 Å². The lowest BCUT2D eigenvalue weighted by molar-refractivity contribution is 0.0740. The Labute approximate surface area is 173 Å². The van der Waals surface area contributed by atoms with Crippen LogP contribution in [0.3, 0.4) is 0 Å². The lowest BCUT2D eigenvalue weighted by atomic mass is 9.99. The van der Waals surface area contributed by atoms with Crippen molar-refractivity contribution in [3.8, 4) is 0 Å². The van der Waals surface area contributed by atoms with Crippen LogP contribution in [-0.4, -0.2) is 60.0 Å². The van der Waals surface area contributed by atoms with Gasteiger partial charge in [-0.25, -0.2) is 9.97 Å². The Kier molecular flexibility index (Phi) is 5.69. The van der Waals surface area contributed by atoms with E-state index in [2.05, 4.69) is 58.7 Å². The smallest absolute Gasteiger partial charge is 0.272 e. The van der Waals surface area contributed by atoms with Gasteiger partial charge in [-0.1, -0.05) is 19.1 Å². The van der Waals surface area contributed by atoms with Crippen LogP contribution >= 0.6 is 0 Å². The van der Waals surface area contributed by atoms with Crippen LogP contribution in [0.5, 0.6) is 0 Å². The molecule has 0 atom stereocenters. The lowest BCUT2D eigenvalue weighted by Gasteiger charge is -2.37. The van der Waals surface area contributed by atoms with Gasteiger partial charge >= 0.3 is 0 Å². The molecule has 1 amide bonds. The van der Waals surface area contributed by atoms with Gasteiger partial charge < -0.3 is 14.7 Å². The number of piperidine rings is 1. The van der Waals surface area contributed by atoms with Crippen LogP contribution in [0.4, 0.5) is 11.5 Å². The predicted octanol–water partition coefficient (Wildman–Crippen LogP) is 3.29. The number of hydrogen-bond acceptors (Lipinski definition) is 5. The Bertz CT molecular complexity index is 867. The summed E-state index contributed by atoms with van der Waals surface area (Å²) in [6, 6.07) is 8.30. The molecular weight excluding hydrogens is 362 g/mol. The van der Waals surface area contributed by atoms with Gasteiger partial charge in [-0.2, -0.15) is 0 Å². The highest BCUT2D eigenvalue weighted by molar-refractivity contribution is 5.93. The summed E-state index contributed by atoms with van der Waals surface area (Å²) in [6.45, 7) is 11.7. The molecule has 2 aromatic rings. The van der Waals surface area contributed by atoms with Crippen LogP contribution in [0.1, 0.15) is 41.4 Å². The molecule has 2 fully saturated rings. The molecule has 154 valence electrons. The fourth-order valence-electron chi connectivity index (χ4n) is 4.27. The normalized spacial score (nSPS) is 18.2. The van der Waals surface area contributed by atoms with Gasteiger partial charge in [0, 0.05) is 51.0 Å². The SMILES string of the molecule is Cc1cccc(N2CCN(C(=O)c3cc(N4CCC(C)CC4)ncn3)CC2)c1C. The zero-order chi connectivity index (χ0) is 20.4. The summed E-state index contributed by atoms with van der Waals surface area (Å²) in [6.07, 6.45) is 3.88. The van der Waals surface area contributed by atoms with Crippen molar-refractivity contribution in [3.63, 3.8) is 0 Å². The number of carbonyl (C=O) groups excluding carboxylic acids is 1. The van der Waals surface area contributed by atoms with E-state index in [9.17, 15) is 4.79 Å². The van der Waals surface area contributed by atoms with Crippen LogP contribution in [0, 0.1) is 19.8 Å². The van der Waals surface area contributed by atoms with Crippen LogP contribution in [-0.2, 0) is 0 Å². The maximum atomic E-state index is 13.0. The minimum Gasteiger partial charge on any atom is -0.368 e. The summed E-state index contributed by atoms with van der Waals surface area (Å²) in [5.41, 5.74) is 4.42. The number of benzene rings is 1. The number of anilines is 2. The molecule has 6 nitrogen and oxygen atoms in total. The molecule has 6 heteroatoms. The van der Waals surface area contributed by atoms with Crippen molar-refractivity contribution in [2.45, 2.75) is 33.6 Å². The van der Waals surface area contributed by atoms with Crippen LogP contribution < -0.4 is 9.80 Å². The molecule has 0 bridgehead atoms. The molecule has 2 aliphatic heterocycles. The molecule has 0 N–H and O–H groups in total. The molecule has 1 aromatic heterocycles. The first-order valence-corrected chi connectivity index (χ1v) is 10.7. The minimum absolute atomic E-state index is 0.0136. The predicted molar refractivity (Wildman–Crippen MR) is 117 cm³/mol. The highest BCUT2D eigenvalue weighted by atomic mass is 16.2. The van der Waals surface area contributed by atoms with Gasteiger partial charge in [0.05, 0.1) is 0 Å². The van der Waals surface area contributed by atoms with Gasteiger partial charge in [-0.05, 0) is 49.8 Å². The molecule has 2 saturated heterocycles. The Hall–Kier alpha value is -2.63. The average molecular weight is 394 g/mol. The molecule has 0 saturated carbocycles. The molecule has 29 heavy (non-hydrogen) atoms. The summed E-state index contributed by atoms with van der Waals surface area (Å²) in [5, 5.41) is 0. The Morgan fingerprint density at radius 3 is 2.41 bits per heavy atom. The molecule has 4 rings (SSSR count). The van der Waals surface area contributed by atoms with Gasteiger partial charge in [0.2, 0.25) is 0 Å². The second-order valence-corrected chi connectivity index (χ2v) is 8.43. The van der Waals surface area contributed by atoms with Crippen LogP contribution in [0.25, 0.3) is 0 Å². The van der Waals surface area contributed by atoms with Crippen molar-refractivity contribution in [3.05, 3.63) is 47.4 Å². The average Bonchev–Trinajstić information content (AvgIpc) is 2.76. The lowest BCUT2D eigenvalue weighted by Crippen LogP contribution is -2.49. The monoisotopic (exact) mass is 393 g/mol. The number of aryl methyl sites for hydroxylation is 1. The number of piperazine rings is 1. The van der Waals surface area contributed by atoms with E-state index in [0.717, 1.165) is 37.9 Å². The molecule has 1 aromatic carbocycles. The molecule has 0 radical (unpaired) electrons. The van der Waals surface area contributed by atoms with Crippen molar-refractivity contribution in [1.82, 2.24) is 14.9 Å². The quantitative estimate of drug-likeness (QED) is 0.801. The summed E-state index contributed by atoms with van der Waals surface area (Å²) in [5.74, 6) is 1.66. The van der Waals surface area contributed by atoms with E-state index < -0.39 is 0 Å². The molecular formula is C23H31N5O. The van der Waals surface area contributed by atoms with E-state index in [1.807, 2.05) is 11.0 Å². The van der Waals surface area contributed by atoms with Crippen molar-refractivity contribution in [2.24, 2.45) is 5.92 Å². The fourth-order valence-corrected chi connectivity index (χ4v) is 4.27. The zero-order valence-corrected chi connectivity index (χ0v) is 17.8. The highest BCUT2D eigenvalue weighted by Crippen LogP contribution is 2.25. The van der Waals surface area contributed by atoms with E-state index in [-0.39, 0.29) is 5.91 Å². The van der Waals surface area contributed by atoms with E-state index in [4.69, 9.17) is 0 Å². The molecule has 2 aliphatic rings. The number of hydrogen-bond donors (Lipinski definition) is 0. The first-order valence-electron chi connectivity index (χ1n) is 10.7. The number of aromatic nitrogens is 2. The summed E-state index contributed by atoms with van der Waals surface area (Å²) < 4.78 is 0. The topological polar surface area (TPSA) is 52.6 Å². The molecule has 3 heterocycles. The molecule has 0 aliphatic carbocycles. The number of carbonyl (C=O) groups is 1. The second-order valence-electron chi connectivity index (χ2n) is 8.43. The maximum absolute atomic E-state index is 13.0. The Balaban J connectivity index is 1.41. The number of nitrogens with zero attached hydrogens (tertiary/aromatic N) is 5. The van der Waals surface area contributed by atoms with Crippen LogP contribution in [0.2, 0.25) is 0 Å². The van der Waals surface area contributed by atoms with Gasteiger partial charge in [0.15, 0.2) is 0 Å². The largest absolute Gasteiger partial charge is 0.368 e. The first-order chi connectivity index (χ1) is 14.0. The maximum Gasteiger partial charge on any atom is 0.272 e. The molecule has 0 unspecified atom stereocenters. The minimum atomic E-state index is 0.0136. The number of rotatable bonds is 3. The second kappa shape index (κ2) is 8.39. The van der Waals surface area contributed by atoms with Crippen molar-refractivity contribution >= 4 is 17.4 Å². The van der Waals surface area contributed by atoms with E-state index in [1.165, 1.54) is 36.0 Å². The third-order valence-corrected chi connectivity index (χ3v) is 6.46. The van der Waals surface area contributed by atoms with E-state index in [1.54, 1.807) is 0 Å². The third kappa shape index (κ3) is 4.21. The van der Waals surface area contributed by atoms with Crippen molar-refractivity contribution < 1.29 is 4.79 Å². The highest BCUT2D eigenvalue weighted by Gasteiger charge is 2.25. The Morgan fingerprint density at radius 1 is 0.966 bits per heavy atom. The number of amides is 1. The third-order valence-electron chi connectivity index (χ3n) is 6.46.